The molecule has 0 aliphatic heterocycles. The molecule has 0 spiro atoms. The van der Waals surface area contributed by atoms with Gasteiger partial charge in [0.1, 0.15) is 5.82 Å². The van der Waals surface area contributed by atoms with E-state index in [-0.39, 0.29) is 17.1 Å². The van der Waals surface area contributed by atoms with E-state index in [0.29, 0.717) is 5.75 Å². The molecular formula is C19H17FN2O3S2. The molecule has 0 aliphatic carbocycles. The highest BCUT2D eigenvalue weighted by Crippen LogP contribution is 2.19. The first kappa shape index (κ1) is 19.3. The van der Waals surface area contributed by atoms with Crippen LogP contribution in [0.15, 0.2) is 76.5 Å². The maximum Gasteiger partial charge on any atom is 0.257 e. The first-order valence-corrected chi connectivity index (χ1v) is 10.6. The molecule has 0 aliphatic rings. The number of benzene rings is 3. The van der Waals surface area contributed by atoms with Gasteiger partial charge in [-0.2, -0.15) is 0 Å². The Morgan fingerprint density at radius 1 is 0.963 bits per heavy atom. The lowest BCUT2D eigenvalue weighted by molar-refractivity contribution is -0.121. The third kappa shape index (κ3) is 5.29. The summed E-state index contributed by atoms with van der Waals surface area (Å²) in [5.41, 5.74) is 2.21. The second-order valence-corrected chi connectivity index (χ2v) is 8.57. The quantitative estimate of drug-likeness (QED) is 0.467. The van der Waals surface area contributed by atoms with E-state index < -0.39 is 15.9 Å². The van der Waals surface area contributed by atoms with Gasteiger partial charge in [-0.05, 0) is 47.2 Å². The maximum atomic E-state index is 12.8. The summed E-state index contributed by atoms with van der Waals surface area (Å²) in [5, 5.41) is 1.72. The van der Waals surface area contributed by atoms with E-state index >= 15 is 0 Å². The summed E-state index contributed by atoms with van der Waals surface area (Å²) >= 11 is 1.38. The molecule has 2 N–H and O–H groups in total. The minimum Gasteiger partial charge on any atom is -0.278 e. The number of thioether (sulfide) groups is 1. The second-order valence-electron chi connectivity index (χ2n) is 5.72. The minimum absolute atomic E-state index is 0.0715. The number of carbonyl (C=O) groups excluding carboxylic acids is 1. The highest BCUT2D eigenvalue weighted by Gasteiger charge is 2.15. The van der Waals surface area contributed by atoms with Crippen LogP contribution in [0.3, 0.4) is 0 Å². The average molecular weight is 404 g/mol. The van der Waals surface area contributed by atoms with Crippen molar-refractivity contribution in [1.29, 1.82) is 0 Å². The number of nitrogens with one attached hydrogen (secondary N) is 2. The first-order valence-electron chi connectivity index (χ1n) is 8.12. The summed E-state index contributed by atoms with van der Waals surface area (Å²) in [6.07, 6.45) is 0.113. The number of rotatable bonds is 7. The molecule has 27 heavy (non-hydrogen) atoms. The van der Waals surface area contributed by atoms with Gasteiger partial charge in [-0.3, -0.25) is 10.2 Å². The molecule has 1 amide bonds. The number of hydrogen-bond donors (Lipinski definition) is 2. The van der Waals surface area contributed by atoms with Crippen molar-refractivity contribution in [2.24, 2.45) is 0 Å². The highest BCUT2D eigenvalue weighted by atomic mass is 32.2. The number of fused-ring (bicyclic) bond motifs is 1. The van der Waals surface area contributed by atoms with Crippen LogP contribution in [-0.2, 0) is 14.8 Å². The summed E-state index contributed by atoms with van der Waals surface area (Å²) in [4.78, 5) is 14.9. The van der Waals surface area contributed by atoms with Gasteiger partial charge in [0.15, 0.2) is 0 Å². The molecule has 3 aromatic carbocycles. The fraction of sp³-hybridized carbons (Fsp3) is 0.105. The highest BCUT2D eigenvalue weighted by molar-refractivity contribution is 7.99. The minimum atomic E-state index is -3.86. The molecular weight excluding hydrogens is 387 g/mol. The van der Waals surface area contributed by atoms with Gasteiger partial charge < -0.3 is 0 Å². The number of halogens is 1. The van der Waals surface area contributed by atoms with Crippen LogP contribution < -0.4 is 10.3 Å². The molecule has 0 unspecified atom stereocenters. The molecule has 8 heteroatoms. The van der Waals surface area contributed by atoms with E-state index in [4.69, 9.17) is 0 Å². The second kappa shape index (κ2) is 8.51. The lowest BCUT2D eigenvalue weighted by Gasteiger charge is -2.09. The van der Waals surface area contributed by atoms with Crippen molar-refractivity contribution >= 4 is 38.5 Å². The number of sulfonamides is 1. The average Bonchev–Trinajstić information content (AvgIpc) is 2.67. The van der Waals surface area contributed by atoms with Crippen molar-refractivity contribution in [3.05, 3.63) is 72.5 Å². The molecule has 0 aromatic heterocycles. The Kier molecular flexibility index (Phi) is 6.10. The Hall–Kier alpha value is -2.42. The summed E-state index contributed by atoms with van der Waals surface area (Å²) in [7, 11) is -3.86. The molecule has 0 bridgehead atoms. The summed E-state index contributed by atoms with van der Waals surface area (Å²) in [6, 6.07) is 18.1. The van der Waals surface area contributed by atoms with Crippen molar-refractivity contribution in [1.82, 2.24) is 10.3 Å². The van der Waals surface area contributed by atoms with Crippen LogP contribution in [-0.4, -0.2) is 20.1 Å². The van der Waals surface area contributed by atoms with Crippen LogP contribution in [0.2, 0.25) is 0 Å². The van der Waals surface area contributed by atoms with Crippen LogP contribution in [0, 0.1) is 5.82 Å². The van der Waals surface area contributed by atoms with E-state index in [9.17, 15) is 17.6 Å². The van der Waals surface area contributed by atoms with Crippen LogP contribution in [0.25, 0.3) is 10.8 Å². The molecule has 3 rings (SSSR count). The third-order valence-corrected chi connectivity index (χ3v) is 6.03. The fourth-order valence-electron chi connectivity index (χ4n) is 2.37. The summed E-state index contributed by atoms with van der Waals surface area (Å²) < 4.78 is 37.5. The van der Waals surface area contributed by atoms with Gasteiger partial charge in [0, 0.05) is 17.1 Å². The SMILES string of the molecule is O=C(CCSc1ccc(F)cc1)NNS(=O)(=O)c1ccc2ccccc2c1. The van der Waals surface area contributed by atoms with Gasteiger partial charge in [0.05, 0.1) is 4.90 Å². The molecule has 3 aromatic rings. The van der Waals surface area contributed by atoms with E-state index in [1.807, 2.05) is 24.3 Å². The molecule has 140 valence electrons. The van der Waals surface area contributed by atoms with Crippen molar-refractivity contribution in [2.45, 2.75) is 16.2 Å². The standard InChI is InChI=1S/C19H17FN2O3S2/c20-16-6-8-17(9-7-16)26-12-11-19(23)21-22-27(24,25)18-10-5-14-3-1-2-4-15(14)13-18/h1-10,13,22H,11-12H2,(H,21,23). The van der Waals surface area contributed by atoms with Crippen molar-refractivity contribution in [2.75, 3.05) is 5.75 Å². The zero-order valence-corrected chi connectivity index (χ0v) is 15.8. The molecule has 0 saturated heterocycles. The third-order valence-electron chi connectivity index (χ3n) is 3.77. The predicted molar refractivity (Wildman–Crippen MR) is 104 cm³/mol. The van der Waals surface area contributed by atoms with Crippen molar-refractivity contribution in [3.63, 3.8) is 0 Å². The summed E-state index contributed by atoms with van der Waals surface area (Å²) in [6.45, 7) is 0. The maximum absolute atomic E-state index is 12.8. The van der Waals surface area contributed by atoms with Crippen LogP contribution in [0.1, 0.15) is 6.42 Å². The largest absolute Gasteiger partial charge is 0.278 e. The smallest absolute Gasteiger partial charge is 0.257 e. The lowest BCUT2D eigenvalue weighted by atomic mass is 10.1. The number of amides is 1. The Morgan fingerprint density at radius 2 is 1.67 bits per heavy atom. The van der Waals surface area contributed by atoms with Gasteiger partial charge in [-0.25, -0.2) is 12.8 Å². The zero-order chi connectivity index (χ0) is 19.3. The van der Waals surface area contributed by atoms with Gasteiger partial charge in [-0.15, -0.1) is 16.6 Å². The number of carbonyl (C=O) groups is 1. The molecule has 0 saturated carbocycles. The van der Waals surface area contributed by atoms with E-state index in [0.717, 1.165) is 15.7 Å². The first-order chi connectivity index (χ1) is 12.9. The Bertz CT molecular complexity index is 1050. The lowest BCUT2D eigenvalue weighted by Crippen LogP contribution is -2.41. The number of hydrogen-bond acceptors (Lipinski definition) is 4. The molecule has 0 heterocycles. The monoisotopic (exact) mass is 404 g/mol. The summed E-state index contributed by atoms with van der Waals surface area (Å²) in [5.74, 6) is -0.330. The Balaban J connectivity index is 1.52. The van der Waals surface area contributed by atoms with Crippen molar-refractivity contribution in [3.8, 4) is 0 Å². The van der Waals surface area contributed by atoms with E-state index in [1.54, 1.807) is 24.3 Å². The predicted octanol–water partition coefficient (Wildman–Crippen LogP) is 3.47. The van der Waals surface area contributed by atoms with Crippen molar-refractivity contribution < 1.29 is 17.6 Å². The van der Waals surface area contributed by atoms with E-state index in [1.165, 1.54) is 30.0 Å². The molecule has 0 fully saturated rings. The molecule has 0 radical (unpaired) electrons. The molecule has 5 nitrogen and oxygen atoms in total. The van der Waals surface area contributed by atoms with Crippen LogP contribution in [0.5, 0.6) is 0 Å². The van der Waals surface area contributed by atoms with Gasteiger partial charge >= 0.3 is 0 Å². The Labute approximate surface area is 161 Å². The fourth-order valence-corrected chi connectivity index (χ4v) is 4.12. The normalized spacial score (nSPS) is 11.4. The Morgan fingerprint density at radius 3 is 2.41 bits per heavy atom. The van der Waals surface area contributed by atoms with Gasteiger partial charge in [-0.1, -0.05) is 30.3 Å². The zero-order valence-electron chi connectivity index (χ0n) is 14.2. The molecule has 0 atom stereocenters. The topological polar surface area (TPSA) is 75.3 Å². The van der Waals surface area contributed by atoms with Crippen LogP contribution >= 0.6 is 11.8 Å². The van der Waals surface area contributed by atoms with E-state index in [2.05, 4.69) is 10.3 Å². The van der Waals surface area contributed by atoms with Gasteiger partial charge in [0.25, 0.3) is 10.0 Å². The van der Waals surface area contributed by atoms with Crippen LogP contribution in [0.4, 0.5) is 4.39 Å². The number of hydrazine groups is 1. The van der Waals surface area contributed by atoms with Gasteiger partial charge in [0.2, 0.25) is 5.91 Å².